The number of rotatable bonds is 1. The Labute approximate surface area is 127 Å². The highest BCUT2D eigenvalue weighted by Crippen LogP contribution is 2.34. The Kier molecular flexibility index (Phi) is 4.38. The second-order valence-electron chi connectivity index (χ2n) is 5.13. The standard InChI is InChI=1S/C12H16Cl3NO3/c1-11(2)17-6-7-3-4-8(5-9(7)19-11)18-10(16)12(13,14)15/h3-4,7-9,16H,5-6H2,1-2H3/t7-,8-,9+/m1/s1. The van der Waals surface area contributed by atoms with Crippen molar-refractivity contribution in [1.82, 2.24) is 0 Å². The summed E-state index contributed by atoms with van der Waals surface area (Å²) in [4.78, 5) is 0. The van der Waals surface area contributed by atoms with Crippen molar-refractivity contribution in [2.24, 2.45) is 5.92 Å². The van der Waals surface area contributed by atoms with E-state index in [-0.39, 0.29) is 24.0 Å². The van der Waals surface area contributed by atoms with E-state index in [2.05, 4.69) is 0 Å². The maximum Gasteiger partial charge on any atom is 0.265 e. The van der Waals surface area contributed by atoms with Crippen LogP contribution in [0.2, 0.25) is 0 Å². The fourth-order valence-corrected chi connectivity index (χ4v) is 2.31. The Morgan fingerprint density at radius 3 is 2.68 bits per heavy atom. The number of fused-ring (bicyclic) bond motifs is 1. The van der Waals surface area contributed by atoms with E-state index in [1.54, 1.807) is 0 Å². The highest BCUT2D eigenvalue weighted by Gasteiger charge is 2.40. The van der Waals surface area contributed by atoms with Crippen molar-refractivity contribution in [3.8, 4) is 0 Å². The molecule has 1 aliphatic carbocycles. The predicted molar refractivity (Wildman–Crippen MR) is 75.0 cm³/mol. The van der Waals surface area contributed by atoms with E-state index < -0.39 is 9.58 Å². The molecule has 1 N–H and O–H groups in total. The third-order valence-corrected chi connectivity index (χ3v) is 3.62. The monoisotopic (exact) mass is 327 g/mol. The zero-order valence-corrected chi connectivity index (χ0v) is 12.9. The van der Waals surface area contributed by atoms with Crippen LogP contribution in [0.3, 0.4) is 0 Å². The summed E-state index contributed by atoms with van der Waals surface area (Å²) < 4.78 is 15.0. The normalized spacial score (nSPS) is 33.6. The zero-order valence-electron chi connectivity index (χ0n) is 10.7. The van der Waals surface area contributed by atoms with E-state index in [1.807, 2.05) is 26.0 Å². The van der Waals surface area contributed by atoms with E-state index in [9.17, 15) is 0 Å². The van der Waals surface area contributed by atoms with Gasteiger partial charge in [0.25, 0.3) is 3.79 Å². The van der Waals surface area contributed by atoms with E-state index >= 15 is 0 Å². The summed E-state index contributed by atoms with van der Waals surface area (Å²) in [5.74, 6) is -0.772. The zero-order chi connectivity index (χ0) is 14.3. The molecule has 0 radical (unpaired) electrons. The van der Waals surface area contributed by atoms with Gasteiger partial charge in [-0.15, -0.1) is 0 Å². The summed E-state index contributed by atoms with van der Waals surface area (Å²) in [6, 6.07) is 0. The second kappa shape index (κ2) is 5.41. The molecule has 1 fully saturated rings. The molecule has 0 unspecified atom stereocenters. The molecule has 2 aliphatic rings. The molecule has 2 rings (SSSR count). The molecular formula is C12H16Cl3NO3. The van der Waals surface area contributed by atoms with Gasteiger partial charge in [-0.25, -0.2) is 0 Å². The van der Waals surface area contributed by atoms with Crippen molar-refractivity contribution in [2.75, 3.05) is 6.61 Å². The molecule has 0 bridgehead atoms. The first-order chi connectivity index (χ1) is 8.67. The molecule has 7 heteroatoms. The average molecular weight is 329 g/mol. The first-order valence-electron chi connectivity index (χ1n) is 6.00. The lowest BCUT2D eigenvalue weighted by molar-refractivity contribution is -0.290. The van der Waals surface area contributed by atoms with Gasteiger partial charge in [-0.3, -0.25) is 5.41 Å². The molecule has 4 nitrogen and oxygen atoms in total. The molecule has 0 amide bonds. The predicted octanol–water partition coefficient (Wildman–Crippen LogP) is 3.45. The number of ether oxygens (including phenoxy) is 3. The molecule has 0 aromatic carbocycles. The van der Waals surface area contributed by atoms with Gasteiger partial charge in [0.1, 0.15) is 6.10 Å². The van der Waals surface area contributed by atoms with Crippen molar-refractivity contribution in [2.45, 2.75) is 42.1 Å². The fraction of sp³-hybridized carbons (Fsp3) is 0.750. The van der Waals surface area contributed by atoms with Gasteiger partial charge in [-0.2, -0.15) is 0 Å². The summed E-state index contributed by atoms with van der Waals surface area (Å²) in [5, 5.41) is 7.57. The Morgan fingerprint density at radius 1 is 1.37 bits per heavy atom. The maximum atomic E-state index is 7.57. The number of halogens is 3. The highest BCUT2D eigenvalue weighted by atomic mass is 35.6. The van der Waals surface area contributed by atoms with Crippen LogP contribution < -0.4 is 0 Å². The smallest absolute Gasteiger partial charge is 0.265 e. The highest BCUT2D eigenvalue weighted by molar-refractivity contribution is 6.76. The van der Waals surface area contributed by atoms with Crippen LogP contribution >= 0.6 is 34.8 Å². The SMILES string of the molecule is CC1(C)OC[C@H]2C=C[C@@H](OC(=N)C(Cl)(Cl)Cl)C[C@@H]2O1. The molecule has 1 saturated heterocycles. The minimum Gasteiger partial charge on any atom is -0.470 e. The average Bonchev–Trinajstić information content (AvgIpc) is 2.26. The molecule has 1 heterocycles. The molecule has 3 atom stereocenters. The minimum absolute atomic E-state index is 0.0121. The van der Waals surface area contributed by atoms with Crippen LogP contribution in [-0.4, -0.2) is 34.3 Å². The molecular weight excluding hydrogens is 312 g/mol. The molecule has 108 valence electrons. The van der Waals surface area contributed by atoms with Crippen molar-refractivity contribution < 1.29 is 14.2 Å². The number of alkyl halides is 3. The van der Waals surface area contributed by atoms with Crippen molar-refractivity contribution in [3.05, 3.63) is 12.2 Å². The van der Waals surface area contributed by atoms with Gasteiger partial charge >= 0.3 is 0 Å². The van der Waals surface area contributed by atoms with Gasteiger partial charge in [0.15, 0.2) is 5.79 Å². The Bertz CT molecular complexity index is 392. The van der Waals surface area contributed by atoms with E-state index in [0.717, 1.165) is 0 Å². The quantitative estimate of drug-likeness (QED) is 0.347. The lowest BCUT2D eigenvalue weighted by Crippen LogP contribution is -2.48. The minimum atomic E-state index is -1.83. The van der Waals surface area contributed by atoms with Gasteiger partial charge < -0.3 is 14.2 Å². The van der Waals surface area contributed by atoms with Crippen molar-refractivity contribution >= 4 is 40.7 Å². The van der Waals surface area contributed by atoms with Crippen LogP contribution in [-0.2, 0) is 14.2 Å². The summed E-state index contributed by atoms with van der Waals surface area (Å²) in [7, 11) is 0. The second-order valence-corrected chi connectivity index (χ2v) is 7.42. The third-order valence-electron chi connectivity index (χ3n) is 3.10. The van der Waals surface area contributed by atoms with E-state index in [1.165, 1.54) is 0 Å². The molecule has 0 aromatic heterocycles. The van der Waals surface area contributed by atoms with Gasteiger partial charge in [-0.05, 0) is 19.9 Å². The lowest BCUT2D eigenvalue weighted by atomic mass is 9.90. The van der Waals surface area contributed by atoms with Crippen molar-refractivity contribution in [1.29, 1.82) is 5.41 Å². The maximum absolute atomic E-state index is 7.57. The third kappa shape index (κ3) is 3.99. The topological polar surface area (TPSA) is 51.5 Å². The summed E-state index contributed by atoms with van der Waals surface area (Å²) in [6.07, 6.45) is 4.11. The van der Waals surface area contributed by atoms with Crippen LogP contribution in [0.15, 0.2) is 12.2 Å². The van der Waals surface area contributed by atoms with Crippen LogP contribution in [0.4, 0.5) is 0 Å². The van der Waals surface area contributed by atoms with E-state index in [4.69, 9.17) is 54.4 Å². The van der Waals surface area contributed by atoms with Gasteiger partial charge in [0.2, 0.25) is 5.90 Å². The Balaban J connectivity index is 1.98. The van der Waals surface area contributed by atoms with Crippen molar-refractivity contribution in [3.63, 3.8) is 0 Å². The lowest BCUT2D eigenvalue weighted by Gasteiger charge is -2.42. The van der Waals surface area contributed by atoms with Crippen LogP contribution in [0.25, 0.3) is 0 Å². The van der Waals surface area contributed by atoms with E-state index in [0.29, 0.717) is 13.0 Å². The Hall–Kier alpha value is -0.0000000000000000763. The molecule has 1 aliphatic heterocycles. The first-order valence-corrected chi connectivity index (χ1v) is 7.13. The van der Waals surface area contributed by atoms with Crippen LogP contribution in [0.5, 0.6) is 0 Å². The first kappa shape index (κ1) is 15.4. The van der Waals surface area contributed by atoms with Gasteiger partial charge in [-0.1, -0.05) is 40.9 Å². The summed E-state index contributed by atoms with van der Waals surface area (Å²) in [6.45, 7) is 4.37. The summed E-state index contributed by atoms with van der Waals surface area (Å²) in [5.41, 5.74) is 0. The summed E-state index contributed by atoms with van der Waals surface area (Å²) >= 11 is 16.8. The van der Waals surface area contributed by atoms with Crippen LogP contribution in [0.1, 0.15) is 20.3 Å². The van der Waals surface area contributed by atoms with Gasteiger partial charge in [0.05, 0.1) is 12.7 Å². The number of nitrogens with one attached hydrogen (secondary N) is 1. The number of hydrogen-bond donors (Lipinski definition) is 1. The molecule has 0 aromatic rings. The largest absolute Gasteiger partial charge is 0.470 e. The molecule has 0 saturated carbocycles. The fourth-order valence-electron chi connectivity index (χ4n) is 2.17. The Morgan fingerprint density at radius 2 is 2.05 bits per heavy atom. The van der Waals surface area contributed by atoms with Gasteiger partial charge in [0, 0.05) is 12.3 Å². The number of hydrogen-bond acceptors (Lipinski definition) is 4. The molecule has 0 spiro atoms. The van der Waals surface area contributed by atoms with Crippen LogP contribution in [0, 0.1) is 11.3 Å². The molecule has 19 heavy (non-hydrogen) atoms.